The first kappa shape index (κ1) is 13.3. The lowest BCUT2D eigenvalue weighted by Gasteiger charge is -2.05. The van der Waals surface area contributed by atoms with Gasteiger partial charge < -0.3 is 9.67 Å². The molecule has 0 bridgehead atoms. The summed E-state index contributed by atoms with van der Waals surface area (Å²) in [5, 5.41) is 10.1. The molecule has 0 aliphatic carbocycles. The van der Waals surface area contributed by atoms with Crippen molar-refractivity contribution in [3.63, 3.8) is 0 Å². The summed E-state index contributed by atoms with van der Waals surface area (Å²) in [6.45, 7) is 5.32. The van der Waals surface area contributed by atoms with Crippen LogP contribution in [0.15, 0.2) is 12.1 Å². The fourth-order valence-corrected chi connectivity index (χ4v) is 2.59. The molecule has 2 aromatic rings. The molecule has 0 spiro atoms. The third-order valence-corrected chi connectivity index (χ3v) is 3.63. The highest BCUT2D eigenvalue weighted by Gasteiger charge is 2.21. The Morgan fingerprint density at radius 1 is 1.32 bits per heavy atom. The molecule has 4 nitrogen and oxygen atoms in total. The van der Waals surface area contributed by atoms with E-state index in [1.807, 2.05) is 19.9 Å². The van der Waals surface area contributed by atoms with Gasteiger partial charge in [-0.2, -0.15) is 0 Å². The minimum Gasteiger partial charge on any atom is -0.478 e. The van der Waals surface area contributed by atoms with Crippen molar-refractivity contribution < 1.29 is 14.7 Å². The topological polar surface area (TPSA) is 59.3 Å². The minimum absolute atomic E-state index is 0.0345. The van der Waals surface area contributed by atoms with Crippen LogP contribution in [0, 0.1) is 6.92 Å². The van der Waals surface area contributed by atoms with Crippen molar-refractivity contribution in [1.82, 2.24) is 4.57 Å². The molecular weight excluding hydrogens is 242 g/mol. The lowest BCUT2D eigenvalue weighted by Crippen LogP contribution is -2.02. The zero-order chi connectivity index (χ0) is 14.3. The molecule has 19 heavy (non-hydrogen) atoms. The Labute approximate surface area is 111 Å². The molecule has 1 aromatic carbocycles. The van der Waals surface area contributed by atoms with Gasteiger partial charge in [-0.05, 0) is 38.0 Å². The Morgan fingerprint density at radius 3 is 2.42 bits per heavy atom. The summed E-state index contributed by atoms with van der Waals surface area (Å²) in [6, 6.07) is 3.61. The molecule has 0 amide bonds. The van der Waals surface area contributed by atoms with Crippen molar-refractivity contribution in [2.75, 3.05) is 0 Å². The number of aromatic carboxylic acids is 1. The highest BCUT2D eigenvalue weighted by atomic mass is 16.4. The van der Waals surface area contributed by atoms with Crippen molar-refractivity contribution in [1.29, 1.82) is 0 Å². The maximum Gasteiger partial charge on any atom is 0.337 e. The Hall–Kier alpha value is -2.10. The van der Waals surface area contributed by atoms with Crippen molar-refractivity contribution in [2.24, 2.45) is 7.05 Å². The molecule has 4 heteroatoms. The van der Waals surface area contributed by atoms with Gasteiger partial charge in [0.05, 0.1) is 11.1 Å². The quantitative estimate of drug-likeness (QED) is 0.862. The van der Waals surface area contributed by atoms with Crippen molar-refractivity contribution in [3.8, 4) is 0 Å². The van der Waals surface area contributed by atoms with Crippen LogP contribution in [-0.2, 0) is 13.5 Å². The van der Waals surface area contributed by atoms with E-state index in [-0.39, 0.29) is 11.3 Å². The molecule has 0 atom stereocenters. The smallest absolute Gasteiger partial charge is 0.337 e. The lowest BCUT2D eigenvalue weighted by molar-refractivity contribution is 0.0698. The lowest BCUT2D eigenvalue weighted by atomic mass is 10.0. The molecule has 1 N–H and O–H groups in total. The number of hydrogen-bond donors (Lipinski definition) is 1. The Balaban J connectivity index is 3.01. The predicted octanol–water partition coefficient (Wildman–Crippen LogP) is 2.95. The highest BCUT2D eigenvalue weighted by molar-refractivity contribution is 6.13. The second-order valence-corrected chi connectivity index (χ2v) is 4.77. The molecule has 0 saturated heterocycles. The molecule has 1 aromatic heterocycles. The molecule has 100 valence electrons. The van der Waals surface area contributed by atoms with E-state index in [4.69, 9.17) is 0 Å². The fraction of sp³-hybridized carbons (Fsp3) is 0.333. The number of hydrogen-bond acceptors (Lipinski definition) is 2. The summed E-state index contributed by atoms with van der Waals surface area (Å²) in [5.41, 5.74) is 3.23. The number of aryl methyl sites for hydroxylation is 2. The molecule has 0 unspecified atom stereocenters. The first-order valence-corrected chi connectivity index (χ1v) is 6.24. The van der Waals surface area contributed by atoms with Gasteiger partial charge >= 0.3 is 5.97 Å². The van der Waals surface area contributed by atoms with Crippen LogP contribution < -0.4 is 0 Å². The SMILES string of the molecule is CCc1cc(C(=O)O)c2c(c1)c(C(C)=O)c(C)n2C. The van der Waals surface area contributed by atoms with Gasteiger partial charge in [-0.15, -0.1) is 0 Å². The predicted molar refractivity (Wildman–Crippen MR) is 74.0 cm³/mol. The number of carboxylic acid groups (broad SMARTS) is 1. The third kappa shape index (κ3) is 1.93. The van der Waals surface area contributed by atoms with Gasteiger partial charge in [0.15, 0.2) is 5.78 Å². The van der Waals surface area contributed by atoms with E-state index in [9.17, 15) is 14.7 Å². The summed E-state index contributed by atoms with van der Waals surface area (Å²) in [4.78, 5) is 23.2. The van der Waals surface area contributed by atoms with E-state index in [2.05, 4.69) is 0 Å². The molecular formula is C15H17NO3. The second kappa shape index (κ2) is 4.53. The van der Waals surface area contributed by atoms with Gasteiger partial charge in [-0.3, -0.25) is 4.79 Å². The maximum atomic E-state index is 11.8. The van der Waals surface area contributed by atoms with Gasteiger partial charge in [0.2, 0.25) is 0 Å². The largest absolute Gasteiger partial charge is 0.478 e. The van der Waals surface area contributed by atoms with E-state index >= 15 is 0 Å². The number of benzene rings is 1. The zero-order valence-corrected chi connectivity index (χ0v) is 11.6. The fourth-order valence-electron chi connectivity index (χ4n) is 2.59. The van der Waals surface area contributed by atoms with E-state index in [1.165, 1.54) is 6.92 Å². The van der Waals surface area contributed by atoms with Crippen molar-refractivity contribution >= 4 is 22.7 Å². The molecule has 1 heterocycles. The number of rotatable bonds is 3. The van der Waals surface area contributed by atoms with Crippen molar-refractivity contribution in [2.45, 2.75) is 27.2 Å². The van der Waals surface area contributed by atoms with E-state index in [0.717, 1.165) is 23.1 Å². The van der Waals surface area contributed by atoms with E-state index in [1.54, 1.807) is 17.7 Å². The average Bonchev–Trinajstić information content (AvgIpc) is 2.60. The zero-order valence-electron chi connectivity index (χ0n) is 11.6. The van der Waals surface area contributed by atoms with Crippen LogP contribution in [0.1, 0.15) is 45.8 Å². The van der Waals surface area contributed by atoms with Gasteiger partial charge in [-0.25, -0.2) is 4.79 Å². The van der Waals surface area contributed by atoms with Crippen LogP contribution >= 0.6 is 0 Å². The summed E-state index contributed by atoms with van der Waals surface area (Å²) >= 11 is 0. The van der Waals surface area contributed by atoms with Gasteiger partial charge in [0.1, 0.15) is 0 Å². The molecule has 0 fully saturated rings. The van der Waals surface area contributed by atoms with Gasteiger partial charge in [0.25, 0.3) is 0 Å². The van der Waals surface area contributed by atoms with Gasteiger partial charge in [0, 0.05) is 23.7 Å². The molecule has 0 aliphatic heterocycles. The summed E-state index contributed by atoms with van der Waals surface area (Å²) in [7, 11) is 1.79. The van der Waals surface area contributed by atoms with Crippen molar-refractivity contribution in [3.05, 3.63) is 34.5 Å². The summed E-state index contributed by atoms with van der Waals surface area (Å²) in [5.74, 6) is -0.997. The standard InChI is InChI=1S/C15H17NO3/c1-5-10-6-11-13(9(3)17)8(2)16(4)14(11)12(7-10)15(18)19/h6-7H,5H2,1-4H3,(H,18,19). The van der Waals surface area contributed by atoms with Crippen LogP contribution in [0.2, 0.25) is 0 Å². The number of carbonyl (C=O) groups excluding carboxylic acids is 1. The van der Waals surface area contributed by atoms with Gasteiger partial charge in [-0.1, -0.05) is 6.92 Å². The summed E-state index contributed by atoms with van der Waals surface area (Å²) < 4.78 is 1.79. The number of ketones is 1. The Kier molecular flexibility index (Phi) is 3.18. The van der Waals surface area contributed by atoms with E-state index < -0.39 is 5.97 Å². The molecule has 0 saturated carbocycles. The Morgan fingerprint density at radius 2 is 1.95 bits per heavy atom. The summed E-state index contributed by atoms with van der Waals surface area (Å²) in [6.07, 6.45) is 0.738. The molecule has 2 rings (SSSR count). The van der Waals surface area contributed by atoms with Crippen LogP contribution in [0.5, 0.6) is 0 Å². The highest BCUT2D eigenvalue weighted by Crippen LogP contribution is 2.30. The van der Waals surface area contributed by atoms with E-state index in [0.29, 0.717) is 11.1 Å². The second-order valence-electron chi connectivity index (χ2n) is 4.77. The van der Waals surface area contributed by atoms with Crippen LogP contribution in [-0.4, -0.2) is 21.4 Å². The third-order valence-electron chi connectivity index (χ3n) is 3.63. The maximum absolute atomic E-state index is 11.8. The number of nitrogens with zero attached hydrogens (tertiary/aromatic N) is 1. The number of aromatic nitrogens is 1. The minimum atomic E-state index is -0.962. The first-order valence-electron chi connectivity index (χ1n) is 6.24. The number of fused-ring (bicyclic) bond motifs is 1. The number of carboxylic acids is 1. The van der Waals surface area contributed by atoms with Crippen LogP contribution in [0.25, 0.3) is 10.9 Å². The molecule has 0 aliphatic rings. The number of carbonyl (C=O) groups is 2. The average molecular weight is 259 g/mol. The normalized spacial score (nSPS) is 10.9. The monoisotopic (exact) mass is 259 g/mol. The Bertz CT molecular complexity index is 695. The first-order chi connectivity index (χ1) is 8.88. The van der Waals surface area contributed by atoms with Crippen LogP contribution in [0.4, 0.5) is 0 Å². The number of Topliss-reactive ketones (excluding diaryl/α,β-unsaturated/α-hetero) is 1. The van der Waals surface area contributed by atoms with Crippen LogP contribution in [0.3, 0.4) is 0 Å². The molecule has 0 radical (unpaired) electrons.